The average molecular weight is 320 g/mol. The summed E-state index contributed by atoms with van der Waals surface area (Å²) in [4.78, 5) is 48.7. The van der Waals surface area contributed by atoms with E-state index in [1.54, 1.807) is 5.32 Å². The van der Waals surface area contributed by atoms with Crippen LogP contribution in [0.15, 0.2) is 24.3 Å². The maximum Gasteiger partial charge on any atom is 0.267 e. The second-order valence-electron chi connectivity index (χ2n) is 5.34. The van der Waals surface area contributed by atoms with Crippen molar-refractivity contribution in [2.24, 2.45) is 11.5 Å². The van der Waals surface area contributed by atoms with Gasteiger partial charge in [-0.05, 0) is 12.1 Å². The van der Waals surface area contributed by atoms with Crippen LogP contribution in [0.2, 0.25) is 0 Å². The molecule has 0 aromatic heterocycles. The molecule has 1 unspecified atom stereocenters. The van der Waals surface area contributed by atoms with Crippen LogP contribution in [-0.2, 0) is 9.59 Å². The fourth-order valence-corrected chi connectivity index (χ4v) is 2.60. The van der Waals surface area contributed by atoms with E-state index in [1.165, 1.54) is 24.3 Å². The Hall–Kier alpha value is -2.66. The lowest BCUT2D eigenvalue weighted by molar-refractivity contribution is -0.240. The Labute approximate surface area is 128 Å². The van der Waals surface area contributed by atoms with E-state index in [4.69, 9.17) is 11.5 Å². The predicted molar refractivity (Wildman–Crippen MR) is 72.2 cm³/mol. The monoisotopic (exact) mass is 320 g/mol. The molecule has 4 amide bonds. The van der Waals surface area contributed by atoms with Gasteiger partial charge in [-0.2, -0.15) is 0 Å². The van der Waals surface area contributed by atoms with Gasteiger partial charge in [0.15, 0.2) is 6.04 Å². The normalized spacial score (nSPS) is 25.4. The van der Waals surface area contributed by atoms with Crippen LogP contribution in [-0.4, -0.2) is 56.2 Å². The molecule has 3 rings (SSSR count). The number of nitrogens with one attached hydrogen (secondary N) is 1. The molecule has 7 N–H and O–H groups in total. The second kappa shape index (κ2) is 4.43. The number of piperidine rings is 1. The van der Waals surface area contributed by atoms with Crippen molar-refractivity contribution >= 4 is 23.6 Å². The summed E-state index contributed by atoms with van der Waals surface area (Å²) in [6.07, 6.45) is 0. The van der Waals surface area contributed by atoms with Crippen molar-refractivity contribution in [1.82, 2.24) is 10.2 Å². The molecule has 2 heterocycles. The number of rotatable bonds is 1. The highest BCUT2D eigenvalue weighted by atomic mass is 16.5. The topological polar surface area (TPSA) is 176 Å². The summed E-state index contributed by atoms with van der Waals surface area (Å²) in [7, 11) is 0. The number of hydrogen-bond acceptors (Lipinski definition) is 8. The molecule has 1 aromatic rings. The zero-order chi connectivity index (χ0) is 17.2. The molecule has 10 heteroatoms. The lowest BCUT2D eigenvalue weighted by atomic mass is 9.87. The molecule has 1 aromatic carbocycles. The Morgan fingerprint density at radius 3 is 1.96 bits per heavy atom. The molecule has 10 nitrogen and oxygen atoms in total. The van der Waals surface area contributed by atoms with E-state index in [-0.39, 0.29) is 11.1 Å². The third-order valence-corrected chi connectivity index (χ3v) is 3.93. The van der Waals surface area contributed by atoms with Gasteiger partial charge in [-0.25, -0.2) is 0 Å². The second-order valence-corrected chi connectivity index (χ2v) is 5.34. The first-order valence-electron chi connectivity index (χ1n) is 6.45. The van der Waals surface area contributed by atoms with E-state index in [9.17, 15) is 29.4 Å². The maximum absolute atomic E-state index is 12.4. The molecule has 0 saturated carbocycles. The summed E-state index contributed by atoms with van der Waals surface area (Å²) >= 11 is 0. The largest absolute Gasteiger partial charge is 0.361 e. The average Bonchev–Trinajstić information content (AvgIpc) is 2.71. The van der Waals surface area contributed by atoms with Crippen LogP contribution in [0.4, 0.5) is 0 Å². The quantitative estimate of drug-likeness (QED) is 0.263. The molecule has 0 radical (unpaired) electrons. The van der Waals surface area contributed by atoms with Crippen LogP contribution in [0.3, 0.4) is 0 Å². The number of carbonyl (C=O) groups is 4. The molecule has 1 fully saturated rings. The molecule has 23 heavy (non-hydrogen) atoms. The summed E-state index contributed by atoms with van der Waals surface area (Å²) in [5.41, 5.74) is 7.92. The Morgan fingerprint density at radius 1 is 1.00 bits per heavy atom. The summed E-state index contributed by atoms with van der Waals surface area (Å²) in [5, 5.41) is 22.0. The van der Waals surface area contributed by atoms with E-state index < -0.39 is 41.1 Å². The highest BCUT2D eigenvalue weighted by molar-refractivity contribution is 6.24. The van der Waals surface area contributed by atoms with E-state index in [1.807, 2.05) is 0 Å². The van der Waals surface area contributed by atoms with Gasteiger partial charge in [-0.15, -0.1) is 0 Å². The number of nitrogens with two attached hydrogens (primary N) is 2. The predicted octanol–water partition coefficient (Wildman–Crippen LogP) is -3.40. The van der Waals surface area contributed by atoms with Crippen molar-refractivity contribution in [3.05, 3.63) is 35.4 Å². The molecule has 2 aliphatic heterocycles. The first-order chi connectivity index (χ1) is 10.6. The van der Waals surface area contributed by atoms with Gasteiger partial charge in [0.25, 0.3) is 23.6 Å². The highest BCUT2D eigenvalue weighted by Gasteiger charge is 2.65. The molecule has 0 bridgehead atoms. The molecule has 2 aliphatic rings. The summed E-state index contributed by atoms with van der Waals surface area (Å²) in [6.45, 7) is 0. The number of benzene rings is 1. The first kappa shape index (κ1) is 15.2. The van der Waals surface area contributed by atoms with Crippen molar-refractivity contribution in [3.8, 4) is 0 Å². The minimum absolute atomic E-state index is 0.0161. The molecular formula is C13H12N4O6. The van der Waals surface area contributed by atoms with Gasteiger partial charge >= 0.3 is 0 Å². The minimum Gasteiger partial charge on any atom is -0.361 e. The van der Waals surface area contributed by atoms with Gasteiger partial charge in [0, 0.05) is 0 Å². The number of fused-ring (bicyclic) bond motifs is 1. The molecule has 0 aliphatic carbocycles. The summed E-state index contributed by atoms with van der Waals surface area (Å²) < 4.78 is 0. The number of carbonyl (C=O) groups excluding carboxylic acids is 4. The van der Waals surface area contributed by atoms with Gasteiger partial charge in [0.05, 0.1) is 11.1 Å². The van der Waals surface area contributed by atoms with Gasteiger partial charge in [-0.3, -0.25) is 29.4 Å². The van der Waals surface area contributed by atoms with E-state index in [0.717, 1.165) is 0 Å². The van der Waals surface area contributed by atoms with Crippen LogP contribution >= 0.6 is 0 Å². The standard InChI is InChI=1S/C13H12N4O6/c14-12(15)11(21)16-8(18)7(13(12,22)23)17-9(19)5-3-1-2-4-6(5)10(17)20/h1-4,7,22-23H,14-15H2,(H,16,18,21). The number of nitrogens with zero attached hydrogens (tertiary/aromatic N) is 1. The highest BCUT2D eigenvalue weighted by Crippen LogP contribution is 2.32. The van der Waals surface area contributed by atoms with Crippen molar-refractivity contribution in [2.45, 2.75) is 17.5 Å². The Kier molecular flexibility index (Phi) is 2.93. The van der Waals surface area contributed by atoms with E-state index in [0.29, 0.717) is 4.90 Å². The molecule has 1 saturated heterocycles. The van der Waals surface area contributed by atoms with Crippen molar-refractivity contribution in [1.29, 1.82) is 0 Å². The fourth-order valence-electron chi connectivity index (χ4n) is 2.60. The maximum atomic E-state index is 12.4. The zero-order valence-electron chi connectivity index (χ0n) is 11.5. The Morgan fingerprint density at radius 2 is 1.48 bits per heavy atom. The van der Waals surface area contributed by atoms with Crippen molar-refractivity contribution in [3.63, 3.8) is 0 Å². The lowest BCUT2D eigenvalue weighted by Gasteiger charge is -2.46. The van der Waals surface area contributed by atoms with Crippen LogP contribution in [0.5, 0.6) is 0 Å². The lowest BCUT2D eigenvalue weighted by Crippen LogP contribution is -2.85. The Balaban J connectivity index is 2.12. The molecular weight excluding hydrogens is 308 g/mol. The van der Waals surface area contributed by atoms with Gasteiger partial charge in [0.1, 0.15) is 0 Å². The SMILES string of the molecule is NC1(N)C(=O)NC(=O)C(N2C(=O)c3ccccc3C2=O)C1(O)O. The van der Waals surface area contributed by atoms with E-state index in [2.05, 4.69) is 0 Å². The van der Waals surface area contributed by atoms with E-state index >= 15 is 0 Å². The van der Waals surface area contributed by atoms with Crippen molar-refractivity contribution in [2.75, 3.05) is 0 Å². The first-order valence-corrected chi connectivity index (χ1v) is 6.45. The van der Waals surface area contributed by atoms with Crippen LogP contribution in [0, 0.1) is 0 Å². The third-order valence-electron chi connectivity index (χ3n) is 3.93. The van der Waals surface area contributed by atoms with Crippen LogP contribution in [0.1, 0.15) is 20.7 Å². The minimum atomic E-state index is -3.35. The smallest absolute Gasteiger partial charge is 0.267 e. The van der Waals surface area contributed by atoms with Gasteiger partial charge < -0.3 is 21.7 Å². The Bertz CT molecular complexity index is 736. The molecule has 1 atom stereocenters. The number of hydrogen-bond donors (Lipinski definition) is 5. The molecule has 120 valence electrons. The van der Waals surface area contributed by atoms with Crippen LogP contribution < -0.4 is 16.8 Å². The number of aliphatic hydroxyl groups is 2. The molecule has 0 spiro atoms. The zero-order valence-corrected chi connectivity index (χ0v) is 11.5. The van der Waals surface area contributed by atoms with Gasteiger partial charge in [0.2, 0.25) is 11.4 Å². The van der Waals surface area contributed by atoms with Crippen LogP contribution in [0.25, 0.3) is 0 Å². The summed E-state index contributed by atoms with van der Waals surface area (Å²) in [5.74, 6) is -7.83. The third kappa shape index (κ3) is 1.77. The number of amides is 4. The fraction of sp³-hybridized carbons (Fsp3) is 0.231. The number of imide groups is 2. The summed E-state index contributed by atoms with van der Waals surface area (Å²) in [6, 6.07) is 3.51. The van der Waals surface area contributed by atoms with Crippen molar-refractivity contribution < 1.29 is 29.4 Å². The van der Waals surface area contributed by atoms with Gasteiger partial charge in [-0.1, -0.05) is 12.1 Å².